The first-order chi connectivity index (χ1) is 14.6. The zero-order valence-corrected chi connectivity index (χ0v) is 20.4. The van der Waals surface area contributed by atoms with E-state index in [2.05, 4.69) is 42.4 Å². The van der Waals surface area contributed by atoms with Crippen molar-refractivity contribution in [2.24, 2.45) is 11.8 Å². The van der Waals surface area contributed by atoms with Crippen molar-refractivity contribution in [3.8, 4) is 0 Å². The van der Waals surface area contributed by atoms with Gasteiger partial charge in [-0.05, 0) is 54.0 Å². The van der Waals surface area contributed by atoms with Gasteiger partial charge in [0, 0.05) is 25.1 Å². The number of anilines is 1. The minimum absolute atomic E-state index is 0.0284. The van der Waals surface area contributed by atoms with Crippen molar-refractivity contribution < 1.29 is 14.4 Å². The van der Waals surface area contributed by atoms with E-state index in [1.165, 1.54) is 5.56 Å². The summed E-state index contributed by atoms with van der Waals surface area (Å²) in [5.74, 6) is 0.118. The number of nitrogens with one attached hydrogen (secondary N) is 3. The van der Waals surface area contributed by atoms with Crippen LogP contribution in [-0.4, -0.2) is 35.6 Å². The zero-order valence-electron chi connectivity index (χ0n) is 19.5. The van der Waals surface area contributed by atoms with Gasteiger partial charge in [0.25, 0.3) is 0 Å². The van der Waals surface area contributed by atoms with Gasteiger partial charge in [0.2, 0.25) is 17.7 Å². The van der Waals surface area contributed by atoms with Crippen LogP contribution in [0.4, 0.5) is 5.69 Å². The van der Waals surface area contributed by atoms with Crippen molar-refractivity contribution in [1.82, 2.24) is 10.6 Å². The standard InChI is InChI=1S/C24H39N3O3S/c1-16(2)15-19-9-11-20(12-10-19)26-21(28)7-6-14-25-24(30)23(17(3)4)27-22(29)13-8-18(5)31/h9-12,16-18,23,31H,6-8,13-15H2,1-5H3,(H,25,30)(H,26,28)(H,27,29)/t18?,23-/m0/s1. The van der Waals surface area contributed by atoms with Crippen LogP contribution in [0.2, 0.25) is 0 Å². The number of carbonyl (C=O) groups is 3. The maximum absolute atomic E-state index is 12.5. The zero-order chi connectivity index (χ0) is 23.4. The predicted molar refractivity (Wildman–Crippen MR) is 130 cm³/mol. The molecule has 3 amide bonds. The van der Waals surface area contributed by atoms with Gasteiger partial charge in [0.05, 0.1) is 0 Å². The van der Waals surface area contributed by atoms with Crippen LogP contribution in [0.1, 0.15) is 65.9 Å². The van der Waals surface area contributed by atoms with Crippen LogP contribution in [0.25, 0.3) is 0 Å². The predicted octanol–water partition coefficient (Wildman–Crippen LogP) is 3.96. The summed E-state index contributed by atoms with van der Waals surface area (Å²) in [6.45, 7) is 10.5. The second-order valence-electron chi connectivity index (χ2n) is 8.91. The molecule has 0 heterocycles. The molecule has 2 atom stereocenters. The highest BCUT2D eigenvalue weighted by Crippen LogP contribution is 2.13. The molecule has 1 rings (SSSR count). The minimum atomic E-state index is -0.582. The molecule has 1 aromatic rings. The highest BCUT2D eigenvalue weighted by Gasteiger charge is 2.23. The van der Waals surface area contributed by atoms with E-state index >= 15 is 0 Å². The van der Waals surface area contributed by atoms with Gasteiger partial charge in [0.1, 0.15) is 6.04 Å². The van der Waals surface area contributed by atoms with Gasteiger partial charge in [-0.15, -0.1) is 0 Å². The molecule has 0 saturated heterocycles. The van der Waals surface area contributed by atoms with E-state index in [0.717, 1.165) is 12.1 Å². The molecule has 0 fully saturated rings. The van der Waals surface area contributed by atoms with Gasteiger partial charge < -0.3 is 16.0 Å². The minimum Gasteiger partial charge on any atom is -0.354 e. The van der Waals surface area contributed by atoms with Crippen LogP contribution in [-0.2, 0) is 20.8 Å². The summed E-state index contributed by atoms with van der Waals surface area (Å²) in [5, 5.41) is 8.66. The van der Waals surface area contributed by atoms with Gasteiger partial charge in [0.15, 0.2) is 0 Å². The molecular formula is C24H39N3O3S. The van der Waals surface area contributed by atoms with Gasteiger partial charge in [-0.2, -0.15) is 12.6 Å². The summed E-state index contributed by atoms with van der Waals surface area (Å²) in [7, 11) is 0. The molecule has 6 nitrogen and oxygen atoms in total. The molecular weight excluding hydrogens is 410 g/mol. The fourth-order valence-electron chi connectivity index (χ4n) is 3.11. The van der Waals surface area contributed by atoms with E-state index in [0.29, 0.717) is 38.1 Å². The second-order valence-corrected chi connectivity index (χ2v) is 9.80. The van der Waals surface area contributed by atoms with Crippen LogP contribution in [0.3, 0.4) is 0 Å². The Morgan fingerprint density at radius 1 is 0.935 bits per heavy atom. The number of rotatable bonds is 13. The van der Waals surface area contributed by atoms with Crippen molar-refractivity contribution in [1.29, 1.82) is 0 Å². The van der Waals surface area contributed by atoms with Crippen molar-refractivity contribution in [3.63, 3.8) is 0 Å². The molecule has 0 radical (unpaired) electrons. The van der Waals surface area contributed by atoms with E-state index in [1.807, 2.05) is 45.0 Å². The number of thiol groups is 1. The summed E-state index contributed by atoms with van der Waals surface area (Å²) in [5.41, 5.74) is 2.03. The first-order valence-electron chi connectivity index (χ1n) is 11.2. The highest BCUT2D eigenvalue weighted by molar-refractivity contribution is 7.80. The van der Waals surface area contributed by atoms with Crippen LogP contribution in [0.15, 0.2) is 24.3 Å². The fourth-order valence-corrected chi connectivity index (χ4v) is 3.24. The molecule has 1 aromatic carbocycles. The number of amides is 3. The summed E-state index contributed by atoms with van der Waals surface area (Å²) in [4.78, 5) is 36.7. The third-order valence-corrected chi connectivity index (χ3v) is 5.07. The van der Waals surface area contributed by atoms with E-state index in [4.69, 9.17) is 0 Å². The van der Waals surface area contributed by atoms with Crippen molar-refractivity contribution in [2.45, 2.75) is 78.0 Å². The third kappa shape index (κ3) is 11.8. The summed E-state index contributed by atoms with van der Waals surface area (Å²) in [6.07, 6.45) is 2.86. The normalized spacial score (nSPS) is 13.0. The molecule has 0 saturated carbocycles. The van der Waals surface area contributed by atoms with E-state index in [1.54, 1.807) is 0 Å². The van der Waals surface area contributed by atoms with Gasteiger partial charge >= 0.3 is 0 Å². The topological polar surface area (TPSA) is 87.3 Å². The lowest BCUT2D eigenvalue weighted by Gasteiger charge is -2.22. The maximum Gasteiger partial charge on any atom is 0.242 e. The Balaban J connectivity index is 2.36. The van der Waals surface area contributed by atoms with Crippen LogP contribution in [0, 0.1) is 11.8 Å². The molecule has 0 aliphatic carbocycles. The Kier molecular flexibility index (Phi) is 12.3. The average Bonchev–Trinajstić information content (AvgIpc) is 2.68. The number of hydrogen-bond donors (Lipinski definition) is 4. The van der Waals surface area contributed by atoms with E-state index < -0.39 is 6.04 Å². The summed E-state index contributed by atoms with van der Waals surface area (Å²) < 4.78 is 0. The number of carbonyl (C=O) groups excluding carboxylic acids is 3. The summed E-state index contributed by atoms with van der Waals surface area (Å²) >= 11 is 4.27. The largest absolute Gasteiger partial charge is 0.354 e. The molecule has 0 aliphatic heterocycles. The van der Waals surface area contributed by atoms with Gasteiger partial charge in [-0.25, -0.2) is 0 Å². The van der Waals surface area contributed by atoms with Crippen LogP contribution in [0.5, 0.6) is 0 Å². The van der Waals surface area contributed by atoms with Crippen molar-refractivity contribution in [3.05, 3.63) is 29.8 Å². The lowest BCUT2D eigenvalue weighted by Crippen LogP contribution is -2.49. The quantitative estimate of drug-likeness (QED) is 0.272. The smallest absolute Gasteiger partial charge is 0.242 e. The molecule has 31 heavy (non-hydrogen) atoms. The SMILES string of the molecule is CC(C)Cc1ccc(NC(=O)CCCNC(=O)[C@@H](NC(=O)CCC(C)S)C(C)C)cc1. The van der Waals surface area contributed by atoms with Crippen LogP contribution < -0.4 is 16.0 Å². The molecule has 0 aromatic heterocycles. The molecule has 1 unspecified atom stereocenters. The molecule has 3 N–H and O–H groups in total. The Bertz CT molecular complexity index is 703. The molecule has 0 spiro atoms. The first kappa shape index (κ1) is 27.0. The van der Waals surface area contributed by atoms with Crippen LogP contribution >= 0.6 is 12.6 Å². The van der Waals surface area contributed by atoms with Crippen molar-refractivity contribution >= 4 is 36.0 Å². The van der Waals surface area contributed by atoms with E-state index in [-0.39, 0.29) is 28.9 Å². The monoisotopic (exact) mass is 449 g/mol. The lowest BCUT2D eigenvalue weighted by molar-refractivity contribution is -0.130. The third-order valence-electron chi connectivity index (χ3n) is 4.82. The molecule has 0 aliphatic rings. The van der Waals surface area contributed by atoms with Crippen molar-refractivity contribution in [2.75, 3.05) is 11.9 Å². The van der Waals surface area contributed by atoms with Gasteiger partial charge in [-0.1, -0.05) is 46.8 Å². The lowest BCUT2D eigenvalue weighted by atomic mass is 10.0. The maximum atomic E-state index is 12.5. The molecule has 0 bridgehead atoms. The van der Waals surface area contributed by atoms with Gasteiger partial charge in [-0.3, -0.25) is 14.4 Å². The number of benzene rings is 1. The number of hydrogen-bond acceptors (Lipinski definition) is 4. The Hall–Kier alpha value is -2.02. The average molecular weight is 450 g/mol. The fraction of sp³-hybridized carbons (Fsp3) is 0.625. The Morgan fingerprint density at radius 2 is 1.58 bits per heavy atom. The molecule has 7 heteroatoms. The summed E-state index contributed by atoms with van der Waals surface area (Å²) in [6, 6.07) is 7.32. The highest BCUT2D eigenvalue weighted by atomic mass is 32.1. The first-order valence-corrected chi connectivity index (χ1v) is 11.7. The molecule has 174 valence electrons. The Labute approximate surface area is 192 Å². The second kappa shape index (κ2) is 14.1. The van der Waals surface area contributed by atoms with E-state index in [9.17, 15) is 14.4 Å². The Morgan fingerprint density at radius 3 is 2.13 bits per heavy atom.